The van der Waals surface area contributed by atoms with E-state index in [-0.39, 0.29) is 6.04 Å². The highest BCUT2D eigenvalue weighted by Gasteiger charge is 2.32. The molecule has 0 saturated heterocycles. The molecule has 1 aromatic carbocycles. The standard InChI is InChI=1S/C15H24N2/c1-4-9-17(11(2)3)15-10-14(16)12-7-5-6-8-13(12)15/h5-8,11,14-15H,4,9-10,16H2,1-3H3. The van der Waals surface area contributed by atoms with Crippen LogP contribution < -0.4 is 5.73 Å². The van der Waals surface area contributed by atoms with Gasteiger partial charge in [-0.15, -0.1) is 0 Å². The van der Waals surface area contributed by atoms with E-state index >= 15 is 0 Å². The van der Waals surface area contributed by atoms with E-state index in [2.05, 4.69) is 49.9 Å². The van der Waals surface area contributed by atoms with Crippen LogP contribution in [0.1, 0.15) is 56.8 Å². The molecule has 1 aromatic rings. The molecule has 0 aromatic heterocycles. The van der Waals surface area contributed by atoms with Gasteiger partial charge >= 0.3 is 0 Å². The van der Waals surface area contributed by atoms with Crippen LogP contribution in [0.4, 0.5) is 0 Å². The second kappa shape index (κ2) is 5.19. The van der Waals surface area contributed by atoms with E-state index in [0.29, 0.717) is 12.1 Å². The molecule has 1 aliphatic rings. The summed E-state index contributed by atoms with van der Waals surface area (Å²) < 4.78 is 0. The van der Waals surface area contributed by atoms with Crippen LogP contribution in [-0.4, -0.2) is 17.5 Å². The topological polar surface area (TPSA) is 29.3 Å². The van der Waals surface area contributed by atoms with Gasteiger partial charge in [0.2, 0.25) is 0 Å². The lowest BCUT2D eigenvalue weighted by molar-refractivity contribution is 0.149. The van der Waals surface area contributed by atoms with E-state index in [1.165, 1.54) is 17.5 Å². The summed E-state index contributed by atoms with van der Waals surface area (Å²) >= 11 is 0. The first-order chi connectivity index (χ1) is 8.15. The number of benzene rings is 1. The summed E-state index contributed by atoms with van der Waals surface area (Å²) in [4.78, 5) is 2.59. The highest BCUT2D eigenvalue weighted by molar-refractivity contribution is 5.37. The fourth-order valence-electron chi connectivity index (χ4n) is 2.99. The predicted molar refractivity (Wildman–Crippen MR) is 72.9 cm³/mol. The van der Waals surface area contributed by atoms with Crippen molar-refractivity contribution in [1.82, 2.24) is 4.90 Å². The zero-order valence-electron chi connectivity index (χ0n) is 11.2. The van der Waals surface area contributed by atoms with Crippen LogP contribution in [0.2, 0.25) is 0 Å². The maximum absolute atomic E-state index is 6.24. The lowest BCUT2D eigenvalue weighted by Gasteiger charge is -2.33. The Labute approximate surface area is 105 Å². The third-order valence-electron chi connectivity index (χ3n) is 3.78. The summed E-state index contributed by atoms with van der Waals surface area (Å²) in [5, 5.41) is 0. The van der Waals surface area contributed by atoms with Gasteiger partial charge in [0.05, 0.1) is 0 Å². The fraction of sp³-hybridized carbons (Fsp3) is 0.600. The van der Waals surface area contributed by atoms with Crippen molar-refractivity contribution in [3.05, 3.63) is 35.4 Å². The Kier molecular flexibility index (Phi) is 3.85. The van der Waals surface area contributed by atoms with E-state index in [4.69, 9.17) is 5.73 Å². The van der Waals surface area contributed by atoms with Gasteiger partial charge in [-0.25, -0.2) is 0 Å². The van der Waals surface area contributed by atoms with Crippen molar-refractivity contribution in [2.45, 2.75) is 51.7 Å². The van der Waals surface area contributed by atoms with E-state index in [1.807, 2.05) is 0 Å². The minimum Gasteiger partial charge on any atom is -0.324 e. The molecule has 0 bridgehead atoms. The molecule has 2 rings (SSSR count). The number of nitrogens with zero attached hydrogens (tertiary/aromatic N) is 1. The summed E-state index contributed by atoms with van der Waals surface area (Å²) in [6.45, 7) is 7.96. The summed E-state index contributed by atoms with van der Waals surface area (Å²) in [7, 11) is 0. The van der Waals surface area contributed by atoms with E-state index in [0.717, 1.165) is 13.0 Å². The van der Waals surface area contributed by atoms with Crippen LogP contribution in [0.3, 0.4) is 0 Å². The zero-order valence-corrected chi connectivity index (χ0v) is 11.2. The van der Waals surface area contributed by atoms with Crippen LogP contribution in [-0.2, 0) is 0 Å². The number of nitrogens with two attached hydrogens (primary N) is 1. The van der Waals surface area contributed by atoms with Gasteiger partial charge in [-0.05, 0) is 44.4 Å². The van der Waals surface area contributed by atoms with Crippen molar-refractivity contribution in [2.24, 2.45) is 5.73 Å². The molecule has 0 aliphatic heterocycles. The maximum Gasteiger partial charge on any atom is 0.0372 e. The molecule has 2 N–H and O–H groups in total. The van der Waals surface area contributed by atoms with Gasteiger partial charge in [0.1, 0.15) is 0 Å². The van der Waals surface area contributed by atoms with E-state index < -0.39 is 0 Å². The van der Waals surface area contributed by atoms with Crippen molar-refractivity contribution < 1.29 is 0 Å². The first kappa shape index (κ1) is 12.6. The largest absolute Gasteiger partial charge is 0.324 e. The van der Waals surface area contributed by atoms with Crippen LogP contribution in [0.5, 0.6) is 0 Å². The van der Waals surface area contributed by atoms with Gasteiger partial charge < -0.3 is 5.73 Å². The Balaban J connectivity index is 2.28. The molecule has 0 saturated carbocycles. The molecule has 17 heavy (non-hydrogen) atoms. The second-order valence-corrected chi connectivity index (χ2v) is 5.32. The Hall–Kier alpha value is -0.860. The fourth-order valence-corrected chi connectivity index (χ4v) is 2.99. The number of fused-ring (bicyclic) bond motifs is 1. The maximum atomic E-state index is 6.24. The third-order valence-corrected chi connectivity index (χ3v) is 3.78. The average Bonchev–Trinajstić information content (AvgIpc) is 2.64. The molecular weight excluding hydrogens is 208 g/mol. The molecule has 2 atom stereocenters. The monoisotopic (exact) mass is 232 g/mol. The molecule has 0 spiro atoms. The average molecular weight is 232 g/mol. The van der Waals surface area contributed by atoms with Crippen molar-refractivity contribution >= 4 is 0 Å². The molecular formula is C15H24N2. The Bertz CT molecular complexity index is 373. The van der Waals surface area contributed by atoms with Crippen LogP contribution in [0.25, 0.3) is 0 Å². The van der Waals surface area contributed by atoms with Crippen LogP contribution in [0.15, 0.2) is 24.3 Å². The number of rotatable bonds is 4. The first-order valence-electron chi connectivity index (χ1n) is 6.75. The van der Waals surface area contributed by atoms with Gasteiger partial charge in [-0.1, -0.05) is 31.2 Å². The lowest BCUT2D eigenvalue weighted by Crippen LogP contribution is -2.34. The van der Waals surface area contributed by atoms with Crippen molar-refractivity contribution in [2.75, 3.05) is 6.54 Å². The Morgan fingerprint density at radius 2 is 1.94 bits per heavy atom. The lowest BCUT2D eigenvalue weighted by atomic mass is 10.1. The van der Waals surface area contributed by atoms with Gasteiger partial charge in [-0.3, -0.25) is 4.90 Å². The van der Waals surface area contributed by atoms with Gasteiger partial charge in [0.25, 0.3) is 0 Å². The highest BCUT2D eigenvalue weighted by Crippen LogP contribution is 2.41. The third kappa shape index (κ3) is 2.38. The molecule has 2 unspecified atom stereocenters. The van der Waals surface area contributed by atoms with Gasteiger partial charge in [-0.2, -0.15) is 0 Å². The quantitative estimate of drug-likeness (QED) is 0.863. The molecule has 1 aliphatic carbocycles. The molecule has 94 valence electrons. The summed E-state index contributed by atoms with van der Waals surface area (Å²) in [6, 6.07) is 9.98. The molecule has 0 radical (unpaired) electrons. The van der Waals surface area contributed by atoms with Gasteiger partial charge in [0.15, 0.2) is 0 Å². The molecule has 0 amide bonds. The zero-order chi connectivity index (χ0) is 12.4. The Morgan fingerprint density at radius 3 is 2.53 bits per heavy atom. The Morgan fingerprint density at radius 1 is 1.29 bits per heavy atom. The minimum absolute atomic E-state index is 0.217. The minimum atomic E-state index is 0.217. The second-order valence-electron chi connectivity index (χ2n) is 5.32. The summed E-state index contributed by atoms with van der Waals surface area (Å²) in [6.07, 6.45) is 2.27. The predicted octanol–water partition coefficient (Wildman–Crippen LogP) is 3.25. The van der Waals surface area contributed by atoms with E-state index in [9.17, 15) is 0 Å². The van der Waals surface area contributed by atoms with Crippen molar-refractivity contribution in [1.29, 1.82) is 0 Å². The normalized spacial score (nSPS) is 23.4. The van der Waals surface area contributed by atoms with Crippen LogP contribution in [0, 0.1) is 0 Å². The van der Waals surface area contributed by atoms with Crippen molar-refractivity contribution in [3.63, 3.8) is 0 Å². The molecule has 0 heterocycles. The van der Waals surface area contributed by atoms with E-state index in [1.54, 1.807) is 0 Å². The number of hydrogen-bond acceptors (Lipinski definition) is 2. The number of hydrogen-bond donors (Lipinski definition) is 1. The molecule has 0 fully saturated rings. The van der Waals surface area contributed by atoms with Gasteiger partial charge in [0, 0.05) is 18.1 Å². The first-order valence-corrected chi connectivity index (χ1v) is 6.75. The smallest absolute Gasteiger partial charge is 0.0372 e. The summed E-state index contributed by atoms with van der Waals surface area (Å²) in [5.74, 6) is 0. The van der Waals surface area contributed by atoms with Crippen LogP contribution >= 0.6 is 0 Å². The SMILES string of the molecule is CCCN(C(C)C)C1CC(N)c2ccccc21. The highest BCUT2D eigenvalue weighted by atomic mass is 15.2. The summed E-state index contributed by atoms with van der Waals surface area (Å²) in [5.41, 5.74) is 9.04. The molecule has 2 heteroatoms. The van der Waals surface area contributed by atoms with Crippen molar-refractivity contribution in [3.8, 4) is 0 Å². The molecule has 2 nitrogen and oxygen atoms in total.